The Morgan fingerprint density at radius 3 is 2.61 bits per heavy atom. The lowest BCUT2D eigenvalue weighted by Gasteiger charge is -2.40. The van der Waals surface area contributed by atoms with Crippen LogP contribution in [0.3, 0.4) is 0 Å². The predicted octanol–water partition coefficient (Wildman–Crippen LogP) is 2.83. The number of amides is 1. The summed E-state index contributed by atoms with van der Waals surface area (Å²) in [6.07, 6.45) is 5.28. The third-order valence-corrected chi connectivity index (χ3v) is 5.68. The van der Waals surface area contributed by atoms with Crippen LogP contribution in [0.4, 0.5) is 0 Å². The van der Waals surface area contributed by atoms with Gasteiger partial charge < -0.3 is 10.1 Å². The Morgan fingerprint density at radius 2 is 1.90 bits per heavy atom. The van der Waals surface area contributed by atoms with E-state index in [-0.39, 0.29) is 11.4 Å². The van der Waals surface area contributed by atoms with Crippen molar-refractivity contribution in [2.24, 2.45) is 0 Å². The Bertz CT molecular complexity index is 995. The Hall–Kier alpha value is -3.03. The van der Waals surface area contributed by atoms with E-state index in [9.17, 15) is 4.79 Å². The molecule has 7 heteroatoms. The van der Waals surface area contributed by atoms with Crippen molar-refractivity contribution in [3.8, 4) is 11.3 Å². The van der Waals surface area contributed by atoms with E-state index in [2.05, 4.69) is 41.2 Å². The summed E-state index contributed by atoms with van der Waals surface area (Å²) in [5, 5.41) is 7.85. The van der Waals surface area contributed by atoms with Gasteiger partial charge in [0.05, 0.1) is 25.3 Å². The van der Waals surface area contributed by atoms with Crippen LogP contribution < -0.4 is 5.32 Å². The molecule has 0 unspecified atom stereocenters. The van der Waals surface area contributed by atoms with Crippen molar-refractivity contribution in [2.75, 3.05) is 32.8 Å². The Balaban J connectivity index is 1.54. The molecule has 3 aromatic rings. The summed E-state index contributed by atoms with van der Waals surface area (Å²) in [4.78, 5) is 19.8. The summed E-state index contributed by atoms with van der Waals surface area (Å²) in [6, 6.07) is 13.9. The minimum Gasteiger partial charge on any atom is -0.379 e. The van der Waals surface area contributed by atoms with Gasteiger partial charge >= 0.3 is 0 Å². The molecule has 1 aliphatic rings. The van der Waals surface area contributed by atoms with Crippen molar-refractivity contribution < 1.29 is 9.53 Å². The summed E-state index contributed by atoms with van der Waals surface area (Å²) in [5.41, 5.74) is 3.00. The molecule has 31 heavy (non-hydrogen) atoms. The number of aromatic nitrogens is 3. The van der Waals surface area contributed by atoms with Crippen molar-refractivity contribution in [3.63, 3.8) is 0 Å². The van der Waals surface area contributed by atoms with Crippen molar-refractivity contribution in [2.45, 2.75) is 25.9 Å². The average molecular weight is 420 g/mol. The van der Waals surface area contributed by atoms with Crippen LogP contribution in [0, 0.1) is 0 Å². The number of hydrogen-bond donors (Lipinski definition) is 1. The molecule has 162 valence electrons. The molecule has 2 aromatic heterocycles. The first kappa shape index (κ1) is 21.2. The molecule has 0 aliphatic carbocycles. The second-order valence-corrected chi connectivity index (χ2v) is 8.41. The lowest BCUT2D eigenvalue weighted by Crippen LogP contribution is -2.55. The minimum absolute atomic E-state index is 0.125. The molecule has 1 N–H and O–H groups in total. The number of pyridine rings is 1. The topological polar surface area (TPSA) is 72.3 Å². The van der Waals surface area contributed by atoms with Crippen LogP contribution in [0.15, 0.2) is 61.1 Å². The quantitative estimate of drug-likeness (QED) is 0.638. The molecule has 0 atom stereocenters. The molecular formula is C24H29N5O2. The number of rotatable bonds is 7. The third-order valence-electron chi connectivity index (χ3n) is 5.68. The number of nitrogens with zero attached hydrogens (tertiary/aromatic N) is 4. The standard InChI is InChI=1S/C24H29N5O2/c1-24(2,28-11-13-31-14-12-28)18-26-23(30)21-17-29(16-19-7-4-3-5-8-19)27-22(21)20-9-6-10-25-15-20/h3-10,15,17H,11-14,16,18H2,1-2H3,(H,26,30). The van der Waals surface area contributed by atoms with Crippen molar-refractivity contribution in [1.82, 2.24) is 25.0 Å². The van der Waals surface area contributed by atoms with Gasteiger partial charge in [0, 0.05) is 49.3 Å². The molecule has 1 fully saturated rings. The van der Waals surface area contributed by atoms with Crippen LogP contribution in [0.25, 0.3) is 11.3 Å². The van der Waals surface area contributed by atoms with E-state index in [0.29, 0.717) is 24.3 Å². The third kappa shape index (κ3) is 5.18. The van der Waals surface area contributed by atoms with Gasteiger partial charge in [0.2, 0.25) is 0 Å². The van der Waals surface area contributed by atoms with E-state index in [1.165, 1.54) is 0 Å². The molecule has 1 aliphatic heterocycles. The number of benzene rings is 1. The molecule has 3 heterocycles. The lowest BCUT2D eigenvalue weighted by molar-refractivity contribution is -0.00923. The SMILES string of the molecule is CC(C)(CNC(=O)c1cn(Cc2ccccc2)nc1-c1cccnc1)N1CCOCC1. The highest BCUT2D eigenvalue weighted by molar-refractivity contribution is 5.99. The van der Waals surface area contributed by atoms with E-state index >= 15 is 0 Å². The number of nitrogens with one attached hydrogen (secondary N) is 1. The van der Waals surface area contributed by atoms with Gasteiger partial charge in [-0.05, 0) is 31.5 Å². The summed E-state index contributed by atoms with van der Waals surface area (Å²) in [7, 11) is 0. The van der Waals surface area contributed by atoms with Crippen molar-refractivity contribution >= 4 is 5.91 Å². The smallest absolute Gasteiger partial charge is 0.255 e. The van der Waals surface area contributed by atoms with E-state index in [4.69, 9.17) is 9.84 Å². The maximum atomic E-state index is 13.2. The number of morpholine rings is 1. The lowest BCUT2D eigenvalue weighted by atomic mass is 10.0. The molecule has 1 aromatic carbocycles. The van der Waals surface area contributed by atoms with E-state index < -0.39 is 0 Å². The van der Waals surface area contributed by atoms with Crippen LogP contribution in [-0.4, -0.2) is 64.0 Å². The summed E-state index contributed by atoms with van der Waals surface area (Å²) in [6.45, 7) is 8.66. The molecule has 0 spiro atoms. The zero-order chi connectivity index (χ0) is 21.7. The molecule has 0 bridgehead atoms. The second-order valence-electron chi connectivity index (χ2n) is 8.41. The Morgan fingerprint density at radius 1 is 1.13 bits per heavy atom. The predicted molar refractivity (Wildman–Crippen MR) is 120 cm³/mol. The van der Waals surface area contributed by atoms with Gasteiger partial charge in [-0.15, -0.1) is 0 Å². The number of ether oxygens (including phenoxy) is 1. The first-order valence-corrected chi connectivity index (χ1v) is 10.7. The largest absolute Gasteiger partial charge is 0.379 e. The summed E-state index contributed by atoms with van der Waals surface area (Å²) in [5.74, 6) is -0.125. The molecule has 4 rings (SSSR count). The average Bonchev–Trinajstić information content (AvgIpc) is 3.23. The van der Waals surface area contributed by atoms with Crippen molar-refractivity contribution in [1.29, 1.82) is 0 Å². The van der Waals surface area contributed by atoms with Crippen LogP contribution in [-0.2, 0) is 11.3 Å². The second kappa shape index (κ2) is 9.41. The van der Waals surface area contributed by atoms with Crippen LogP contribution in [0.2, 0.25) is 0 Å². The van der Waals surface area contributed by atoms with Crippen LogP contribution in [0.5, 0.6) is 0 Å². The first-order valence-electron chi connectivity index (χ1n) is 10.7. The van der Waals surface area contributed by atoms with Gasteiger partial charge in [0.25, 0.3) is 5.91 Å². The fourth-order valence-electron chi connectivity index (χ4n) is 3.83. The zero-order valence-corrected chi connectivity index (χ0v) is 18.1. The molecule has 1 saturated heterocycles. The molecule has 0 saturated carbocycles. The summed E-state index contributed by atoms with van der Waals surface area (Å²) >= 11 is 0. The number of carbonyl (C=O) groups excluding carboxylic acids is 1. The van der Waals surface area contributed by atoms with Crippen molar-refractivity contribution in [3.05, 3.63) is 72.2 Å². The van der Waals surface area contributed by atoms with E-state index in [1.54, 1.807) is 12.4 Å². The van der Waals surface area contributed by atoms with Gasteiger partial charge in [-0.25, -0.2) is 0 Å². The van der Waals surface area contributed by atoms with Gasteiger partial charge in [0.15, 0.2) is 0 Å². The molecule has 7 nitrogen and oxygen atoms in total. The van der Waals surface area contributed by atoms with Gasteiger partial charge in [-0.3, -0.25) is 19.4 Å². The maximum Gasteiger partial charge on any atom is 0.255 e. The molecular weight excluding hydrogens is 390 g/mol. The molecule has 0 radical (unpaired) electrons. The highest BCUT2D eigenvalue weighted by Gasteiger charge is 2.29. The van der Waals surface area contributed by atoms with Gasteiger partial charge in [-0.1, -0.05) is 30.3 Å². The van der Waals surface area contributed by atoms with Gasteiger partial charge in [-0.2, -0.15) is 5.10 Å². The molecule has 1 amide bonds. The van der Waals surface area contributed by atoms with Crippen LogP contribution in [0.1, 0.15) is 29.8 Å². The normalized spacial score (nSPS) is 15.0. The minimum atomic E-state index is -0.159. The highest BCUT2D eigenvalue weighted by Crippen LogP contribution is 2.22. The summed E-state index contributed by atoms with van der Waals surface area (Å²) < 4.78 is 7.28. The number of hydrogen-bond acceptors (Lipinski definition) is 5. The first-order chi connectivity index (χ1) is 15.0. The highest BCUT2D eigenvalue weighted by atomic mass is 16.5. The number of carbonyl (C=O) groups is 1. The van der Waals surface area contributed by atoms with E-state index in [1.807, 2.05) is 41.2 Å². The fraction of sp³-hybridized carbons (Fsp3) is 0.375. The maximum absolute atomic E-state index is 13.2. The Labute approximate surface area is 183 Å². The van der Waals surface area contributed by atoms with Crippen LogP contribution >= 0.6 is 0 Å². The Kier molecular flexibility index (Phi) is 6.44. The van der Waals surface area contributed by atoms with E-state index in [0.717, 1.165) is 37.4 Å². The van der Waals surface area contributed by atoms with Gasteiger partial charge in [0.1, 0.15) is 5.69 Å². The monoisotopic (exact) mass is 419 g/mol. The fourth-order valence-corrected chi connectivity index (χ4v) is 3.83. The zero-order valence-electron chi connectivity index (χ0n) is 18.1.